The maximum atomic E-state index is 13.1. The van der Waals surface area contributed by atoms with Gasteiger partial charge in [0.1, 0.15) is 11.5 Å². The summed E-state index contributed by atoms with van der Waals surface area (Å²) in [7, 11) is 0. The highest BCUT2D eigenvalue weighted by Gasteiger charge is 2.40. The van der Waals surface area contributed by atoms with Crippen molar-refractivity contribution in [3.05, 3.63) is 58.1 Å². The molecule has 1 fully saturated rings. The van der Waals surface area contributed by atoms with Crippen molar-refractivity contribution < 1.29 is 9.90 Å². The number of phenols is 1. The van der Waals surface area contributed by atoms with E-state index in [9.17, 15) is 9.90 Å². The highest BCUT2D eigenvalue weighted by molar-refractivity contribution is 6.41. The first kappa shape index (κ1) is 21.0. The second-order valence-electron chi connectivity index (χ2n) is 7.74. The summed E-state index contributed by atoms with van der Waals surface area (Å²) in [4.78, 5) is 13.1. The number of hydrazone groups is 1. The molecule has 2 atom stereocenters. The number of carbonyl (C=O) groups excluding carboxylic acids is 1. The highest BCUT2D eigenvalue weighted by Crippen LogP contribution is 2.42. The zero-order chi connectivity index (χ0) is 21.3. The number of carbonyl (C=O) groups is 1. The van der Waals surface area contributed by atoms with Crippen LogP contribution < -0.4 is 10.4 Å². The Morgan fingerprint density at radius 2 is 1.80 bits per heavy atom. The molecule has 1 amide bonds. The molecular formula is C22H24Cl2N4O2. The molecule has 0 aromatic heterocycles. The lowest BCUT2D eigenvalue weighted by molar-refractivity contribution is -0.120. The number of anilines is 1. The van der Waals surface area contributed by atoms with Crippen LogP contribution in [0.1, 0.15) is 37.8 Å². The van der Waals surface area contributed by atoms with E-state index in [0.717, 1.165) is 31.5 Å². The Balaban J connectivity index is 1.68. The number of halogens is 2. The molecule has 30 heavy (non-hydrogen) atoms. The highest BCUT2D eigenvalue weighted by atomic mass is 35.5. The number of hydrazine groups is 1. The molecule has 2 aliphatic heterocycles. The van der Waals surface area contributed by atoms with Crippen molar-refractivity contribution in [1.82, 2.24) is 10.4 Å². The molecule has 2 N–H and O–H groups in total. The van der Waals surface area contributed by atoms with Crippen molar-refractivity contribution in [3.63, 3.8) is 0 Å². The van der Waals surface area contributed by atoms with Crippen LogP contribution in [0.5, 0.6) is 5.75 Å². The largest absolute Gasteiger partial charge is 0.508 e. The fraction of sp³-hybridized carbons (Fsp3) is 0.364. The van der Waals surface area contributed by atoms with E-state index in [1.165, 1.54) is 6.42 Å². The third kappa shape index (κ3) is 4.26. The molecule has 0 unspecified atom stereocenters. The molecule has 2 aromatic rings. The van der Waals surface area contributed by atoms with E-state index in [0.29, 0.717) is 21.4 Å². The zero-order valence-corrected chi connectivity index (χ0v) is 18.2. The molecule has 0 saturated carbocycles. The Hall–Kier alpha value is -2.28. The van der Waals surface area contributed by atoms with Crippen LogP contribution in [0.2, 0.25) is 10.0 Å². The van der Waals surface area contributed by atoms with Crippen LogP contribution in [0.3, 0.4) is 0 Å². The number of benzene rings is 2. The van der Waals surface area contributed by atoms with E-state index in [1.54, 1.807) is 35.3 Å². The third-order valence-electron chi connectivity index (χ3n) is 5.62. The maximum absolute atomic E-state index is 13.1. The molecule has 4 rings (SSSR count). The van der Waals surface area contributed by atoms with Crippen molar-refractivity contribution in [2.24, 2.45) is 11.0 Å². The van der Waals surface area contributed by atoms with Gasteiger partial charge < -0.3 is 5.11 Å². The van der Waals surface area contributed by atoms with E-state index in [1.807, 2.05) is 24.1 Å². The number of phenolic OH excluding ortho intramolecular Hbond substituents is 1. The maximum Gasteiger partial charge on any atom is 0.282 e. The van der Waals surface area contributed by atoms with E-state index in [2.05, 4.69) is 5.43 Å². The van der Waals surface area contributed by atoms with Crippen molar-refractivity contribution >= 4 is 40.5 Å². The first-order chi connectivity index (χ1) is 14.4. The summed E-state index contributed by atoms with van der Waals surface area (Å²) in [6, 6.07) is 11.9. The molecule has 8 heteroatoms. The number of amides is 1. The van der Waals surface area contributed by atoms with Gasteiger partial charge in [-0.25, -0.2) is 5.01 Å². The normalized spacial score (nSPS) is 22.1. The van der Waals surface area contributed by atoms with Gasteiger partial charge in [-0.15, -0.1) is 0 Å². The minimum atomic E-state index is -0.244. The average Bonchev–Trinajstić information content (AvgIpc) is 3.06. The molecule has 1 saturated heterocycles. The number of hydrogen-bond acceptors (Lipinski definition) is 5. The lowest BCUT2D eigenvalue weighted by Crippen LogP contribution is -2.48. The first-order valence-corrected chi connectivity index (χ1v) is 10.9. The van der Waals surface area contributed by atoms with Gasteiger partial charge in [-0.05, 0) is 48.7 Å². The molecule has 0 spiro atoms. The minimum Gasteiger partial charge on any atom is -0.508 e. The predicted molar refractivity (Wildman–Crippen MR) is 120 cm³/mol. The van der Waals surface area contributed by atoms with Crippen LogP contribution >= 0.6 is 23.2 Å². The first-order valence-electron chi connectivity index (χ1n) is 10.1. The number of piperidine rings is 1. The number of nitrogens with one attached hydrogen (secondary N) is 1. The zero-order valence-electron chi connectivity index (χ0n) is 16.7. The SMILES string of the molecule is C[C@H]1C(C(=O)NN2CCCCC2)=NN(c2ccc(Cl)cc2Cl)[C@@H]1c1ccc(O)cc1. The Morgan fingerprint density at radius 1 is 1.10 bits per heavy atom. The summed E-state index contributed by atoms with van der Waals surface area (Å²) in [6.07, 6.45) is 3.34. The van der Waals surface area contributed by atoms with Gasteiger partial charge in [0.2, 0.25) is 0 Å². The Morgan fingerprint density at radius 3 is 2.47 bits per heavy atom. The second-order valence-corrected chi connectivity index (χ2v) is 8.58. The molecule has 0 bridgehead atoms. The summed E-state index contributed by atoms with van der Waals surface area (Å²) in [5, 5.41) is 19.1. The molecular weight excluding hydrogens is 423 g/mol. The van der Waals surface area contributed by atoms with Crippen LogP contribution in [0.4, 0.5) is 5.69 Å². The van der Waals surface area contributed by atoms with Crippen LogP contribution in [0.25, 0.3) is 0 Å². The van der Waals surface area contributed by atoms with E-state index >= 15 is 0 Å². The van der Waals surface area contributed by atoms with Gasteiger partial charge in [0, 0.05) is 24.0 Å². The van der Waals surface area contributed by atoms with Gasteiger partial charge >= 0.3 is 0 Å². The predicted octanol–water partition coefficient (Wildman–Crippen LogP) is 4.77. The fourth-order valence-corrected chi connectivity index (χ4v) is 4.56. The van der Waals surface area contributed by atoms with Gasteiger partial charge in [-0.3, -0.25) is 15.2 Å². The van der Waals surface area contributed by atoms with Gasteiger partial charge in [0.25, 0.3) is 5.91 Å². The van der Waals surface area contributed by atoms with E-state index < -0.39 is 0 Å². The van der Waals surface area contributed by atoms with E-state index in [-0.39, 0.29) is 23.6 Å². The molecule has 0 radical (unpaired) electrons. The Labute approximate surface area is 186 Å². The summed E-state index contributed by atoms with van der Waals surface area (Å²) in [5.41, 5.74) is 5.06. The standard InChI is InChI=1S/C22H24Cl2N4O2/c1-14-20(22(30)26-27-11-3-2-4-12-27)25-28(19-10-7-16(23)13-18(19)24)21(14)15-5-8-17(29)9-6-15/h5-10,13-14,21,29H,2-4,11-12H2,1H3,(H,26,30)/t14-,21-/m0/s1. The Kier molecular flexibility index (Phi) is 6.18. The van der Waals surface area contributed by atoms with Gasteiger partial charge in [-0.2, -0.15) is 5.10 Å². The third-order valence-corrected chi connectivity index (χ3v) is 6.16. The topological polar surface area (TPSA) is 68.2 Å². The van der Waals surface area contributed by atoms with Crippen molar-refractivity contribution in [2.75, 3.05) is 18.1 Å². The van der Waals surface area contributed by atoms with Crippen LogP contribution in [0.15, 0.2) is 47.6 Å². The Bertz CT molecular complexity index is 958. The van der Waals surface area contributed by atoms with E-state index in [4.69, 9.17) is 28.3 Å². The van der Waals surface area contributed by atoms with Gasteiger partial charge in [-0.1, -0.05) is 48.7 Å². The summed E-state index contributed by atoms with van der Waals surface area (Å²) < 4.78 is 0. The minimum absolute atomic E-state index is 0.185. The number of aromatic hydroxyl groups is 1. The molecule has 2 heterocycles. The summed E-state index contributed by atoms with van der Waals surface area (Å²) >= 11 is 12.5. The van der Waals surface area contributed by atoms with Gasteiger partial charge in [0.05, 0.1) is 16.8 Å². The quantitative estimate of drug-likeness (QED) is 0.709. The van der Waals surface area contributed by atoms with Crippen molar-refractivity contribution in [1.29, 1.82) is 0 Å². The molecule has 6 nitrogen and oxygen atoms in total. The van der Waals surface area contributed by atoms with Crippen LogP contribution in [-0.2, 0) is 4.79 Å². The second kappa shape index (κ2) is 8.84. The smallest absolute Gasteiger partial charge is 0.282 e. The molecule has 2 aliphatic rings. The van der Waals surface area contributed by atoms with Gasteiger partial charge in [0.15, 0.2) is 0 Å². The monoisotopic (exact) mass is 446 g/mol. The number of nitrogens with zero attached hydrogens (tertiary/aromatic N) is 3. The van der Waals surface area contributed by atoms with Crippen molar-refractivity contribution in [2.45, 2.75) is 32.2 Å². The molecule has 2 aromatic carbocycles. The average molecular weight is 447 g/mol. The van der Waals surface area contributed by atoms with Crippen LogP contribution in [0, 0.1) is 5.92 Å². The molecule has 0 aliphatic carbocycles. The lowest BCUT2D eigenvalue weighted by Gasteiger charge is -2.28. The molecule has 158 valence electrons. The van der Waals surface area contributed by atoms with Crippen molar-refractivity contribution in [3.8, 4) is 5.75 Å². The van der Waals surface area contributed by atoms with Crippen LogP contribution in [-0.4, -0.2) is 34.8 Å². The summed E-state index contributed by atoms with van der Waals surface area (Å²) in [6.45, 7) is 3.68. The fourth-order valence-electron chi connectivity index (χ4n) is 4.06. The number of rotatable bonds is 4. The number of hydrogen-bond donors (Lipinski definition) is 2. The summed E-state index contributed by atoms with van der Waals surface area (Å²) in [5.74, 6) is -0.198. The lowest BCUT2D eigenvalue weighted by atomic mass is 9.91.